The second-order valence-electron chi connectivity index (χ2n) is 4.61. The number of benzene rings is 1. The average Bonchev–Trinajstić information content (AvgIpc) is 2.89. The lowest BCUT2D eigenvalue weighted by Gasteiger charge is -2.09. The number of nitrogens with one attached hydrogen (secondary N) is 2. The topological polar surface area (TPSA) is 72.4 Å². The van der Waals surface area contributed by atoms with Crippen LogP contribution in [0.5, 0.6) is 5.75 Å². The molecule has 2 amide bonds. The lowest BCUT2D eigenvalue weighted by molar-refractivity contribution is -0.123. The molecule has 0 saturated carbocycles. The lowest BCUT2D eigenvalue weighted by atomic mass is 10.2. The van der Waals surface area contributed by atoms with Crippen molar-refractivity contribution in [3.05, 3.63) is 53.9 Å². The molecule has 6 nitrogen and oxygen atoms in total. The van der Waals surface area contributed by atoms with Crippen LogP contribution in [-0.4, -0.2) is 23.0 Å². The number of aromatic nitrogens is 1. The number of nitrogens with zero attached hydrogens (tertiary/aromatic N) is 1. The molecule has 2 rings (SSSR count). The standard InChI is InChI=1S/C15H17N3O3/c1-11-5-3-6-12(9-11)21-10-14(19)16-17-15(20)13-7-4-8-18(13)2/h3-9H,10H2,1-2H3,(H,16,19)(H,17,20). The minimum Gasteiger partial charge on any atom is -0.484 e. The summed E-state index contributed by atoms with van der Waals surface area (Å²) in [5, 5.41) is 0. The number of rotatable bonds is 4. The summed E-state index contributed by atoms with van der Waals surface area (Å²) in [6.45, 7) is 1.77. The Hall–Kier alpha value is -2.76. The smallest absolute Gasteiger partial charge is 0.286 e. The third-order valence-electron chi connectivity index (χ3n) is 2.85. The highest BCUT2D eigenvalue weighted by Gasteiger charge is 2.10. The van der Waals surface area contributed by atoms with Crippen LogP contribution in [0.3, 0.4) is 0 Å². The van der Waals surface area contributed by atoms with Crippen LogP contribution in [-0.2, 0) is 11.8 Å². The van der Waals surface area contributed by atoms with E-state index >= 15 is 0 Å². The van der Waals surface area contributed by atoms with Crippen LogP contribution in [0.15, 0.2) is 42.6 Å². The van der Waals surface area contributed by atoms with Gasteiger partial charge >= 0.3 is 0 Å². The molecule has 0 aliphatic heterocycles. The monoisotopic (exact) mass is 287 g/mol. The molecule has 1 aromatic heterocycles. The molecule has 0 fully saturated rings. The average molecular weight is 287 g/mol. The van der Waals surface area contributed by atoms with Gasteiger partial charge in [0.25, 0.3) is 11.8 Å². The largest absolute Gasteiger partial charge is 0.484 e. The van der Waals surface area contributed by atoms with Crippen molar-refractivity contribution in [1.82, 2.24) is 15.4 Å². The van der Waals surface area contributed by atoms with Gasteiger partial charge in [-0.3, -0.25) is 20.4 Å². The van der Waals surface area contributed by atoms with Crippen molar-refractivity contribution in [2.24, 2.45) is 7.05 Å². The molecule has 0 bridgehead atoms. The minimum atomic E-state index is -0.431. The molecular weight excluding hydrogens is 270 g/mol. The highest BCUT2D eigenvalue weighted by molar-refractivity contribution is 5.94. The van der Waals surface area contributed by atoms with Crippen LogP contribution in [0.4, 0.5) is 0 Å². The second-order valence-corrected chi connectivity index (χ2v) is 4.61. The van der Waals surface area contributed by atoms with Gasteiger partial charge in [0.15, 0.2) is 6.61 Å². The molecule has 21 heavy (non-hydrogen) atoms. The minimum absolute atomic E-state index is 0.170. The van der Waals surface area contributed by atoms with Gasteiger partial charge in [-0.15, -0.1) is 0 Å². The van der Waals surface area contributed by atoms with Gasteiger partial charge in [0.1, 0.15) is 11.4 Å². The molecule has 1 aromatic carbocycles. The molecule has 110 valence electrons. The number of carbonyl (C=O) groups is 2. The lowest BCUT2D eigenvalue weighted by Crippen LogP contribution is -2.44. The number of ether oxygens (including phenoxy) is 1. The quantitative estimate of drug-likeness (QED) is 0.829. The van der Waals surface area contributed by atoms with E-state index in [0.29, 0.717) is 11.4 Å². The fourth-order valence-corrected chi connectivity index (χ4v) is 1.78. The summed E-state index contributed by atoms with van der Waals surface area (Å²) in [5.74, 6) is -0.204. The van der Waals surface area contributed by atoms with Crippen LogP contribution in [0.25, 0.3) is 0 Å². The van der Waals surface area contributed by atoms with Gasteiger partial charge in [-0.2, -0.15) is 0 Å². The van der Waals surface area contributed by atoms with E-state index in [9.17, 15) is 9.59 Å². The maximum absolute atomic E-state index is 11.8. The molecule has 2 N–H and O–H groups in total. The van der Waals surface area contributed by atoms with Gasteiger partial charge in [0.2, 0.25) is 0 Å². The van der Waals surface area contributed by atoms with Crippen molar-refractivity contribution in [3.63, 3.8) is 0 Å². The van der Waals surface area contributed by atoms with Crippen molar-refractivity contribution in [1.29, 1.82) is 0 Å². The predicted molar refractivity (Wildman–Crippen MR) is 77.7 cm³/mol. The maximum atomic E-state index is 11.8. The summed E-state index contributed by atoms with van der Waals surface area (Å²) in [5.41, 5.74) is 6.14. The number of carbonyl (C=O) groups excluding carboxylic acids is 2. The Morgan fingerprint density at radius 1 is 1.19 bits per heavy atom. The molecule has 0 aliphatic rings. The predicted octanol–water partition coefficient (Wildman–Crippen LogP) is 1.17. The second kappa shape index (κ2) is 6.60. The normalized spacial score (nSPS) is 10.0. The highest BCUT2D eigenvalue weighted by atomic mass is 16.5. The number of hydrogen-bond donors (Lipinski definition) is 2. The molecular formula is C15H17N3O3. The molecule has 0 atom stereocenters. The number of hydrogen-bond acceptors (Lipinski definition) is 3. The summed E-state index contributed by atoms with van der Waals surface area (Å²) in [7, 11) is 1.75. The zero-order chi connectivity index (χ0) is 15.2. The van der Waals surface area contributed by atoms with Gasteiger partial charge in [-0.05, 0) is 36.8 Å². The van der Waals surface area contributed by atoms with Crippen LogP contribution in [0, 0.1) is 6.92 Å². The van der Waals surface area contributed by atoms with Gasteiger partial charge < -0.3 is 9.30 Å². The van der Waals surface area contributed by atoms with Crippen molar-refractivity contribution >= 4 is 11.8 Å². The third kappa shape index (κ3) is 4.10. The van der Waals surface area contributed by atoms with E-state index in [1.807, 2.05) is 25.1 Å². The number of hydrazine groups is 1. The van der Waals surface area contributed by atoms with Gasteiger partial charge in [-0.1, -0.05) is 12.1 Å². The summed E-state index contributed by atoms with van der Waals surface area (Å²) in [6.07, 6.45) is 1.75. The van der Waals surface area contributed by atoms with Crippen LogP contribution >= 0.6 is 0 Å². The molecule has 0 spiro atoms. The Balaban J connectivity index is 1.78. The molecule has 0 radical (unpaired) electrons. The van der Waals surface area contributed by atoms with Crippen LogP contribution in [0.1, 0.15) is 16.1 Å². The molecule has 0 unspecified atom stereocenters. The van der Waals surface area contributed by atoms with Crippen LogP contribution in [0.2, 0.25) is 0 Å². The van der Waals surface area contributed by atoms with E-state index in [4.69, 9.17) is 4.74 Å². The Morgan fingerprint density at radius 3 is 2.67 bits per heavy atom. The number of amides is 2. The Bertz CT molecular complexity index is 649. The first-order valence-electron chi connectivity index (χ1n) is 6.46. The highest BCUT2D eigenvalue weighted by Crippen LogP contribution is 2.11. The van der Waals surface area contributed by atoms with E-state index in [-0.39, 0.29) is 12.5 Å². The van der Waals surface area contributed by atoms with Crippen LogP contribution < -0.4 is 15.6 Å². The Morgan fingerprint density at radius 2 is 2.00 bits per heavy atom. The molecule has 2 aromatic rings. The van der Waals surface area contributed by atoms with E-state index in [1.165, 1.54) is 0 Å². The Labute approximate surface area is 122 Å². The zero-order valence-corrected chi connectivity index (χ0v) is 11.9. The first kappa shape index (κ1) is 14.6. The van der Waals surface area contributed by atoms with E-state index < -0.39 is 5.91 Å². The first-order chi connectivity index (χ1) is 10.1. The third-order valence-corrected chi connectivity index (χ3v) is 2.85. The van der Waals surface area contributed by atoms with Gasteiger partial charge in [-0.25, -0.2) is 0 Å². The summed E-state index contributed by atoms with van der Waals surface area (Å²) in [6, 6.07) is 10.8. The maximum Gasteiger partial charge on any atom is 0.286 e. The SMILES string of the molecule is Cc1cccc(OCC(=O)NNC(=O)c2cccn2C)c1. The fraction of sp³-hybridized carbons (Fsp3) is 0.200. The zero-order valence-electron chi connectivity index (χ0n) is 11.9. The summed E-state index contributed by atoms with van der Waals surface area (Å²) in [4.78, 5) is 23.4. The summed E-state index contributed by atoms with van der Waals surface area (Å²) < 4.78 is 6.98. The summed E-state index contributed by atoms with van der Waals surface area (Å²) >= 11 is 0. The van der Waals surface area contributed by atoms with Crippen molar-refractivity contribution < 1.29 is 14.3 Å². The van der Waals surface area contributed by atoms with E-state index in [1.54, 1.807) is 36.0 Å². The molecule has 0 saturated heterocycles. The van der Waals surface area contributed by atoms with Gasteiger partial charge in [0, 0.05) is 13.2 Å². The van der Waals surface area contributed by atoms with Crippen molar-refractivity contribution in [2.45, 2.75) is 6.92 Å². The fourth-order valence-electron chi connectivity index (χ4n) is 1.78. The first-order valence-corrected chi connectivity index (χ1v) is 6.46. The van der Waals surface area contributed by atoms with Crippen molar-refractivity contribution in [3.8, 4) is 5.75 Å². The van der Waals surface area contributed by atoms with E-state index in [2.05, 4.69) is 10.9 Å². The Kier molecular flexibility index (Phi) is 4.61. The van der Waals surface area contributed by atoms with Gasteiger partial charge in [0.05, 0.1) is 0 Å². The molecule has 1 heterocycles. The van der Waals surface area contributed by atoms with Crippen molar-refractivity contribution in [2.75, 3.05) is 6.61 Å². The molecule has 6 heteroatoms. The molecule has 0 aliphatic carbocycles. The number of aryl methyl sites for hydroxylation is 2. The van der Waals surface area contributed by atoms with E-state index in [0.717, 1.165) is 5.56 Å².